The van der Waals surface area contributed by atoms with Crippen molar-refractivity contribution in [3.63, 3.8) is 0 Å². The van der Waals surface area contributed by atoms with Gasteiger partial charge in [-0.05, 0) is 26.0 Å². The van der Waals surface area contributed by atoms with Gasteiger partial charge in [-0.25, -0.2) is 4.79 Å². The van der Waals surface area contributed by atoms with Crippen LogP contribution in [0.15, 0.2) is 18.2 Å². The summed E-state index contributed by atoms with van der Waals surface area (Å²) in [7, 11) is 1.93. The van der Waals surface area contributed by atoms with Gasteiger partial charge in [0, 0.05) is 13.6 Å². The molecular weight excluding hydrogens is 204 g/mol. The molecule has 0 saturated heterocycles. The van der Waals surface area contributed by atoms with E-state index in [0.29, 0.717) is 17.9 Å². The van der Waals surface area contributed by atoms with Crippen LogP contribution in [0.2, 0.25) is 0 Å². The van der Waals surface area contributed by atoms with Crippen molar-refractivity contribution in [2.24, 2.45) is 0 Å². The molecule has 0 saturated carbocycles. The number of nitrogens with two attached hydrogens (primary N) is 1. The van der Waals surface area contributed by atoms with Gasteiger partial charge in [0.15, 0.2) is 0 Å². The Bertz CT molecular complexity index is 377. The van der Waals surface area contributed by atoms with Crippen LogP contribution in [0.4, 0.5) is 11.4 Å². The van der Waals surface area contributed by atoms with Crippen LogP contribution in [0, 0.1) is 0 Å². The second-order valence-electron chi connectivity index (χ2n) is 3.47. The fourth-order valence-electron chi connectivity index (χ4n) is 1.44. The average molecular weight is 222 g/mol. The molecule has 88 valence electrons. The maximum atomic E-state index is 11.6. The predicted molar refractivity (Wildman–Crippen MR) is 65.8 cm³/mol. The van der Waals surface area contributed by atoms with Gasteiger partial charge in [-0.2, -0.15) is 0 Å². The Balaban J connectivity index is 3.08. The lowest BCUT2D eigenvalue weighted by Crippen LogP contribution is -2.19. The number of para-hydroxylation sites is 1. The third-order valence-electron chi connectivity index (χ3n) is 2.46. The van der Waals surface area contributed by atoms with E-state index in [4.69, 9.17) is 10.5 Å². The topological polar surface area (TPSA) is 55.6 Å². The van der Waals surface area contributed by atoms with Gasteiger partial charge >= 0.3 is 5.97 Å². The minimum atomic E-state index is -0.369. The zero-order valence-corrected chi connectivity index (χ0v) is 9.99. The second kappa shape index (κ2) is 5.39. The molecule has 0 aliphatic carbocycles. The molecule has 1 aromatic carbocycles. The van der Waals surface area contributed by atoms with Crippen LogP contribution in [0.5, 0.6) is 0 Å². The summed E-state index contributed by atoms with van der Waals surface area (Å²) in [6.45, 7) is 4.98. The zero-order valence-electron chi connectivity index (χ0n) is 9.99. The van der Waals surface area contributed by atoms with Crippen molar-refractivity contribution in [3.05, 3.63) is 23.8 Å². The number of anilines is 2. The third kappa shape index (κ3) is 2.45. The number of ether oxygens (including phenoxy) is 1. The van der Waals surface area contributed by atoms with Crippen LogP contribution < -0.4 is 10.6 Å². The lowest BCUT2D eigenvalue weighted by Gasteiger charge is -2.20. The quantitative estimate of drug-likeness (QED) is 0.624. The first-order valence-corrected chi connectivity index (χ1v) is 5.38. The Hall–Kier alpha value is -1.71. The molecule has 1 aromatic rings. The number of esters is 1. The summed E-state index contributed by atoms with van der Waals surface area (Å²) in [6.07, 6.45) is 0. The van der Waals surface area contributed by atoms with Crippen LogP contribution in [0.3, 0.4) is 0 Å². The molecular formula is C12H18N2O2. The minimum absolute atomic E-state index is 0.353. The molecule has 0 aromatic heterocycles. The molecule has 0 unspecified atom stereocenters. The van der Waals surface area contributed by atoms with Crippen LogP contribution in [-0.2, 0) is 4.74 Å². The third-order valence-corrected chi connectivity index (χ3v) is 2.46. The highest BCUT2D eigenvalue weighted by atomic mass is 16.5. The maximum Gasteiger partial charge on any atom is 0.340 e. The first-order chi connectivity index (χ1) is 7.61. The number of carbonyl (C=O) groups excluding carboxylic acids is 1. The highest BCUT2D eigenvalue weighted by molar-refractivity contribution is 5.98. The van der Waals surface area contributed by atoms with E-state index in [-0.39, 0.29) is 5.97 Å². The summed E-state index contributed by atoms with van der Waals surface area (Å²) >= 11 is 0. The van der Waals surface area contributed by atoms with Crippen molar-refractivity contribution in [3.8, 4) is 0 Å². The van der Waals surface area contributed by atoms with Crippen molar-refractivity contribution < 1.29 is 9.53 Å². The summed E-state index contributed by atoms with van der Waals surface area (Å²) in [5.74, 6) is -0.369. The normalized spacial score (nSPS) is 9.94. The molecule has 0 atom stereocenters. The molecule has 4 nitrogen and oxygen atoms in total. The minimum Gasteiger partial charge on any atom is -0.462 e. The number of nitrogen functional groups attached to an aromatic ring is 1. The molecule has 16 heavy (non-hydrogen) atoms. The Morgan fingerprint density at radius 1 is 1.44 bits per heavy atom. The zero-order chi connectivity index (χ0) is 12.1. The van der Waals surface area contributed by atoms with Gasteiger partial charge in [-0.15, -0.1) is 0 Å². The molecule has 0 heterocycles. The van der Waals surface area contributed by atoms with Gasteiger partial charge in [0.1, 0.15) is 0 Å². The predicted octanol–water partition coefficient (Wildman–Crippen LogP) is 1.90. The van der Waals surface area contributed by atoms with Gasteiger partial charge in [-0.1, -0.05) is 6.07 Å². The Labute approximate surface area is 96.0 Å². The molecule has 0 aliphatic rings. The van der Waals surface area contributed by atoms with Gasteiger partial charge in [-0.3, -0.25) is 0 Å². The molecule has 0 amide bonds. The van der Waals surface area contributed by atoms with E-state index in [0.717, 1.165) is 12.2 Å². The van der Waals surface area contributed by atoms with Gasteiger partial charge in [0.05, 0.1) is 23.5 Å². The molecule has 0 fully saturated rings. The maximum absolute atomic E-state index is 11.6. The number of benzene rings is 1. The molecule has 0 bridgehead atoms. The van der Waals surface area contributed by atoms with Gasteiger partial charge < -0.3 is 15.4 Å². The first kappa shape index (κ1) is 12.4. The smallest absolute Gasteiger partial charge is 0.340 e. The highest BCUT2D eigenvalue weighted by Gasteiger charge is 2.14. The molecule has 2 N–H and O–H groups in total. The molecule has 4 heteroatoms. The van der Waals surface area contributed by atoms with Gasteiger partial charge in [0.25, 0.3) is 0 Å². The summed E-state index contributed by atoms with van der Waals surface area (Å²) in [5.41, 5.74) is 7.71. The molecule has 0 spiro atoms. The first-order valence-electron chi connectivity index (χ1n) is 5.38. The number of nitrogens with zero attached hydrogens (tertiary/aromatic N) is 1. The van der Waals surface area contributed by atoms with Gasteiger partial charge in [0.2, 0.25) is 0 Å². The SMILES string of the molecule is CCOC(=O)c1cccc(N(C)CC)c1N. The monoisotopic (exact) mass is 222 g/mol. The van der Waals surface area contributed by atoms with Crippen molar-refractivity contribution in [1.29, 1.82) is 0 Å². The van der Waals surface area contributed by atoms with E-state index >= 15 is 0 Å². The number of rotatable bonds is 4. The van der Waals surface area contributed by atoms with Crippen molar-refractivity contribution in [2.45, 2.75) is 13.8 Å². The Kier molecular flexibility index (Phi) is 4.17. The van der Waals surface area contributed by atoms with E-state index < -0.39 is 0 Å². The largest absolute Gasteiger partial charge is 0.462 e. The highest BCUT2D eigenvalue weighted by Crippen LogP contribution is 2.26. The van der Waals surface area contributed by atoms with E-state index in [1.54, 1.807) is 13.0 Å². The van der Waals surface area contributed by atoms with Crippen molar-refractivity contribution in [2.75, 3.05) is 30.8 Å². The molecule has 0 aliphatic heterocycles. The van der Waals surface area contributed by atoms with E-state index in [1.165, 1.54) is 0 Å². The van der Waals surface area contributed by atoms with E-state index in [1.807, 2.05) is 31.0 Å². The standard InChI is InChI=1S/C12H18N2O2/c1-4-14(3)10-8-6-7-9(11(10)13)12(15)16-5-2/h6-8H,4-5,13H2,1-3H3. The molecule has 0 radical (unpaired) electrons. The van der Waals surface area contributed by atoms with Crippen molar-refractivity contribution >= 4 is 17.3 Å². The summed E-state index contributed by atoms with van der Waals surface area (Å²) < 4.78 is 4.94. The fourth-order valence-corrected chi connectivity index (χ4v) is 1.44. The van der Waals surface area contributed by atoms with E-state index in [9.17, 15) is 4.79 Å². The van der Waals surface area contributed by atoms with E-state index in [2.05, 4.69) is 0 Å². The summed E-state index contributed by atoms with van der Waals surface area (Å²) in [4.78, 5) is 13.6. The summed E-state index contributed by atoms with van der Waals surface area (Å²) in [6, 6.07) is 5.38. The fraction of sp³-hybridized carbons (Fsp3) is 0.417. The second-order valence-corrected chi connectivity index (χ2v) is 3.47. The lowest BCUT2D eigenvalue weighted by atomic mass is 10.1. The van der Waals surface area contributed by atoms with Crippen LogP contribution in [-0.4, -0.2) is 26.2 Å². The Morgan fingerprint density at radius 3 is 2.69 bits per heavy atom. The molecule has 1 rings (SSSR count). The Morgan fingerprint density at radius 2 is 2.12 bits per heavy atom. The lowest BCUT2D eigenvalue weighted by molar-refractivity contribution is 0.0527. The number of hydrogen-bond acceptors (Lipinski definition) is 4. The van der Waals surface area contributed by atoms with Crippen LogP contribution in [0.1, 0.15) is 24.2 Å². The average Bonchev–Trinajstić information content (AvgIpc) is 2.28. The number of carbonyl (C=O) groups is 1. The summed E-state index contributed by atoms with van der Waals surface area (Å²) in [5, 5.41) is 0. The van der Waals surface area contributed by atoms with Crippen LogP contribution >= 0.6 is 0 Å². The van der Waals surface area contributed by atoms with Crippen molar-refractivity contribution in [1.82, 2.24) is 0 Å². The number of hydrogen-bond donors (Lipinski definition) is 1. The van der Waals surface area contributed by atoms with Crippen LogP contribution in [0.25, 0.3) is 0 Å².